The molecular formula is C15H19NO5. The van der Waals surface area contributed by atoms with Gasteiger partial charge in [-0.2, -0.15) is 0 Å². The summed E-state index contributed by atoms with van der Waals surface area (Å²) in [5.74, 6) is -0.211. The zero-order valence-corrected chi connectivity index (χ0v) is 12.0. The van der Waals surface area contributed by atoms with Crippen molar-refractivity contribution < 1.29 is 23.8 Å². The van der Waals surface area contributed by atoms with Crippen LogP contribution in [0.2, 0.25) is 0 Å². The van der Waals surface area contributed by atoms with Crippen LogP contribution in [0.25, 0.3) is 0 Å². The average molecular weight is 293 g/mol. The molecule has 1 amide bonds. The van der Waals surface area contributed by atoms with Gasteiger partial charge in [-0.25, -0.2) is 4.79 Å². The molecule has 6 heteroatoms. The van der Waals surface area contributed by atoms with E-state index in [0.29, 0.717) is 17.9 Å². The first-order chi connectivity index (χ1) is 10.2. The Kier molecular flexibility index (Phi) is 5.57. The second kappa shape index (κ2) is 7.64. The summed E-state index contributed by atoms with van der Waals surface area (Å²) in [7, 11) is 1.48. The fraction of sp³-hybridized carbons (Fsp3) is 0.467. The summed E-state index contributed by atoms with van der Waals surface area (Å²) >= 11 is 0. The van der Waals surface area contributed by atoms with E-state index in [1.54, 1.807) is 24.3 Å². The predicted octanol–water partition coefficient (Wildman–Crippen LogP) is 1.15. The number of ether oxygens (including phenoxy) is 3. The number of carbonyl (C=O) groups excluding carboxylic acids is 2. The van der Waals surface area contributed by atoms with Gasteiger partial charge in [-0.1, -0.05) is 0 Å². The third kappa shape index (κ3) is 4.75. The number of amides is 1. The molecule has 2 rings (SSSR count). The molecule has 21 heavy (non-hydrogen) atoms. The van der Waals surface area contributed by atoms with Crippen LogP contribution in [0.15, 0.2) is 24.3 Å². The fourth-order valence-corrected chi connectivity index (χ4v) is 1.94. The molecule has 1 atom stereocenters. The molecule has 0 aliphatic carbocycles. The predicted molar refractivity (Wildman–Crippen MR) is 75.3 cm³/mol. The highest BCUT2D eigenvalue weighted by Gasteiger charge is 2.16. The lowest BCUT2D eigenvalue weighted by atomic mass is 10.2. The van der Waals surface area contributed by atoms with Gasteiger partial charge in [0.15, 0.2) is 6.61 Å². The number of nitrogens with one attached hydrogen (secondary N) is 1. The van der Waals surface area contributed by atoms with Gasteiger partial charge in [0.2, 0.25) is 0 Å². The Bertz CT molecular complexity index is 479. The van der Waals surface area contributed by atoms with Crippen molar-refractivity contribution in [3.05, 3.63) is 29.8 Å². The van der Waals surface area contributed by atoms with Crippen LogP contribution in [-0.2, 0) is 14.3 Å². The molecule has 1 aromatic rings. The lowest BCUT2D eigenvalue weighted by molar-refractivity contribution is -0.123. The van der Waals surface area contributed by atoms with E-state index in [1.165, 1.54) is 7.05 Å². The van der Waals surface area contributed by atoms with E-state index >= 15 is 0 Å². The number of likely N-dealkylation sites (N-methyl/N-ethyl adjacent to an activating group) is 1. The quantitative estimate of drug-likeness (QED) is 0.796. The number of esters is 1. The van der Waals surface area contributed by atoms with Gasteiger partial charge < -0.3 is 19.5 Å². The molecule has 0 spiro atoms. The molecule has 1 saturated heterocycles. The molecule has 1 unspecified atom stereocenters. The van der Waals surface area contributed by atoms with Crippen LogP contribution in [0.4, 0.5) is 0 Å². The normalized spacial score (nSPS) is 17.3. The number of benzene rings is 1. The zero-order valence-electron chi connectivity index (χ0n) is 12.0. The maximum atomic E-state index is 11.7. The molecular weight excluding hydrogens is 274 g/mol. The SMILES string of the molecule is CNC(=O)COC(=O)c1ccc(OCC2CCCO2)cc1. The van der Waals surface area contributed by atoms with E-state index < -0.39 is 5.97 Å². The van der Waals surface area contributed by atoms with Crippen LogP contribution >= 0.6 is 0 Å². The standard InChI is InChI=1S/C15H19NO5/c1-16-14(17)10-21-15(18)11-4-6-12(7-5-11)20-9-13-3-2-8-19-13/h4-7,13H,2-3,8-10H2,1H3,(H,16,17). The van der Waals surface area contributed by atoms with Gasteiger partial charge in [0.05, 0.1) is 11.7 Å². The summed E-state index contributed by atoms with van der Waals surface area (Å²) in [6.45, 7) is 1.03. The first kappa shape index (κ1) is 15.3. The molecule has 0 bridgehead atoms. The molecule has 0 radical (unpaired) electrons. The van der Waals surface area contributed by atoms with Gasteiger partial charge in [-0.3, -0.25) is 4.79 Å². The number of hydrogen-bond acceptors (Lipinski definition) is 5. The van der Waals surface area contributed by atoms with Gasteiger partial charge >= 0.3 is 5.97 Å². The van der Waals surface area contributed by atoms with Crippen LogP contribution in [0, 0.1) is 0 Å². The van der Waals surface area contributed by atoms with Crippen molar-refractivity contribution in [2.45, 2.75) is 18.9 Å². The third-order valence-corrected chi connectivity index (χ3v) is 3.16. The zero-order chi connectivity index (χ0) is 15.1. The number of rotatable bonds is 6. The second-order valence-corrected chi connectivity index (χ2v) is 4.72. The van der Waals surface area contributed by atoms with Crippen LogP contribution < -0.4 is 10.1 Å². The van der Waals surface area contributed by atoms with E-state index in [2.05, 4.69) is 5.32 Å². The Balaban J connectivity index is 1.80. The average Bonchev–Trinajstić information content (AvgIpc) is 3.04. The van der Waals surface area contributed by atoms with Crippen LogP contribution in [0.1, 0.15) is 23.2 Å². The molecule has 1 aliphatic rings. The van der Waals surface area contributed by atoms with Gasteiger partial charge in [0, 0.05) is 13.7 Å². The van der Waals surface area contributed by atoms with Gasteiger partial charge in [-0.05, 0) is 37.1 Å². The minimum Gasteiger partial charge on any atom is -0.491 e. The molecule has 1 aromatic carbocycles. The summed E-state index contributed by atoms with van der Waals surface area (Å²) in [6, 6.07) is 6.62. The van der Waals surface area contributed by atoms with Crippen LogP contribution in [0.5, 0.6) is 5.75 Å². The van der Waals surface area contributed by atoms with E-state index in [4.69, 9.17) is 14.2 Å². The van der Waals surface area contributed by atoms with Gasteiger partial charge in [-0.15, -0.1) is 0 Å². The van der Waals surface area contributed by atoms with Crippen molar-refractivity contribution in [2.24, 2.45) is 0 Å². The first-order valence-electron chi connectivity index (χ1n) is 6.91. The Labute approximate surface area is 123 Å². The Hall–Kier alpha value is -2.08. The molecule has 0 aromatic heterocycles. The maximum absolute atomic E-state index is 11.7. The Morgan fingerprint density at radius 2 is 2.10 bits per heavy atom. The summed E-state index contributed by atoms with van der Waals surface area (Å²) < 4.78 is 15.9. The number of carbonyl (C=O) groups is 2. The number of hydrogen-bond donors (Lipinski definition) is 1. The van der Waals surface area contributed by atoms with Crippen molar-refractivity contribution in [2.75, 3.05) is 26.9 Å². The van der Waals surface area contributed by atoms with Crippen molar-refractivity contribution in [3.63, 3.8) is 0 Å². The highest BCUT2D eigenvalue weighted by molar-refractivity contribution is 5.91. The van der Waals surface area contributed by atoms with Crippen LogP contribution in [-0.4, -0.2) is 44.8 Å². The summed E-state index contributed by atoms with van der Waals surface area (Å²) in [4.78, 5) is 22.7. The molecule has 1 N–H and O–H groups in total. The summed E-state index contributed by atoms with van der Waals surface area (Å²) in [5.41, 5.74) is 0.378. The minimum atomic E-state index is -0.538. The monoisotopic (exact) mass is 293 g/mol. The van der Waals surface area contributed by atoms with E-state index in [-0.39, 0.29) is 18.6 Å². The summed E-state index contributed by atoms with van der Waals surface area (Å²) in [6.07, 6.45) is 2.25. The van der Waals surface area contributed by atoms with Crippen molar-refractivity contribution in [1.82, 2.24) is 5.32 Å². The first-order valence-corrected chi connectivity index (χ1v) is 6.91. The maximum Gasteiger partial charge on any atom is 0.338 e. The van der Waals surface area contributed by atoms with Crippen LogP contribution in [0.3, 0.4) is 0 Å². The van der Waals surface area contributed by atoms with Gasteiger partial charge in [0.25, 0.3) is 5.91 Å². The van der Waals surface area contributed by atoms with E-state index in [0.717, 1.165) is 19.4 Å². The van der Waals surface area contributed by atoms with Gasteiger partial charge in [0.1, 0.15) is 12.4 Å². The molecule has 1 fully saturated rings. The highest BCUT2D eigenvalue weighted by Crippen LogP contribution is 2.16. The van der Waals surface area contributed by atoms with E-state index in [9.17, 15) is 9.59 Å². The largest absolute Gasteiger partial charge is 0.491 e. The molecule has 6 nitrogen and oxygen atoms in total. The summed E-state index contributed by atoms with van der Waals surface area (Å²) in [5, 5.41) is 2.38. The molecule has 114 valence electrons. The lowest BCUT2D eigenvalue weighted by Crippen LogP contribution is -2.25. The molecule has 0 saturated carbocycles. The minimum absolute atomic E-state index is 0.155. The third-order valence-electron chi connectivity index (χ3n) is 3.16. The fourth-order valence-electron chi connectivity index (χ4n) is 1.94. The lowest BCUT2D eigenvalue weighted by Gasteiger charge is -2.11. The molecule has 1 aliphatic heterocycles. The highest BCUT2D eigenvalue weighted by atomic mass is 16.5. The van der Waals surface area contributed by atoms with E-state index in [1.807, 2.05) is 0 Å². The van der Waals surface area contributed by atoms with Crippen molar-refractivity contribution >= 4 is 11.9 Å². The second-order valence-electron chi connectivity index (χ2n) is 4.72. The Morgan fingerprint density at radius 1 is 1.33 bits per heavy atom. The smallest absolute Gasteiger partial charge is 0.338 e. The van der Waals surface area contributed by atoms with Crippen molar-refractivity contribution in [3.8, 4) is 5.75 Å². The topological polar surface area (TPSA) is 73.9 Å². The molecule has 1 heterocycles. The van der Waals surface area contributed by atoms with Crippen molar-refractivity contribution in [1.29, 1.82) is 0 Å². The Morgan fingerprint density at radius 3 is 2.71 bits per heavy atom.